The molecule has 1 aliphatic rings. The second-order valence-corrected chi connectivity index (χ2v) is 4.66. The van der Waals surface area contributed by atoms with E-state index in [0.29, 0.717) is 18.7 Å². The van der Waals surface area contributed by atoms with E-state index in [1.165, 1.54) is 0 Å². The molecule has 0 spiro atoms. The van der Waals surface area contributed by atoms with Crippen molar-refractivity contribution in [3.05, 3.63) is 12.0 Å². The Morgan fingerprint density at radius 1 is 1.50 bits per heavy atom. The third-order valence-corrected chi connectivity index (χ3v) is 3.23. The van der Waals surface area contributed by atoms with Crippen LogP contribution in [0.25, 0.3) is 11.2 Å². The molecular formula is C11H16N6O. The molecule has 3 heterocycles. The van der Waals surface area contributed by atoms with E-state index in [0.717, 1.165) is 30.6 Å². The van der Waals surface area contributed by atoms with Crippen molar-refractivity contribution in [3.8, 4) is 0 Å². The highest BCUT2D eigenvalue weighted by Gasteiger charge is 2.19. The van der Waals surface area contributed by atoms with Crippen molar-refractivity contribution < 1.29 is 5.11 Å². The van der Waals surface area contributed by atoms with Crippen molar-refractivity contribution >= 4 is 17.1 Å². The number of aliphatic hydroxyl groups excluding tert-OH is 1. The molecule has 7 nitrogen and oxygen atoms in total. The SMILES string of the molecule is Nc1nc(CN2CCCC(O)C2)c2[nH]cnc2n1. The minimum Gasteiger partial charge on any atom is -0.392 e. The largest absolute Gasteiger partial charge is 0.392 e. The van der Waals surface area contributed by atoms with Crippen LogP contribution >= 0.6 is 0 Å². The lowest BCUT2D eigenvalue weighted by Gasteiger charge is -2.29. The van der Waals surface area contributed by atoms with Gasteiger partial charge in [-0.25, -0.2) is 9.97 Å². The minimum absolute atomic E-state index is 0.238. The Morgan fingerprint density at radius 2 is 2.39 bits per heavy atom. The average molecular weight is 248 g/mol. The number of β-amino-alcohol motifs (C(OH)–C–C–N with tert-alkyl or cyclic N) is 1. The second-order valence-electron chi connectivity index (χ2n) is 4.66. The number of aliphatic hydroxyl groups is 1. The van der Waals surface area contributed by atoms with Crippen molar-refractivity contribution in [1.82, 2.24) is 24.8 Å². The van der Waals surface area contributed by atoms with Gasteiger partial charge in [-0.1, -0.05) is 0 Å². The van der Waals surface area contributed by atoms with Gasteiger partial charge in [-0.3, -0.25) is 4.90 Å². The maximum Gasteiger partial charge on any atom is 0.222 e. The van der Waals surface area contributed by atoms with Gasteiger partial charge < -0.3 is 15.8 Å². The maximum atomic E-state index is 9.67. The van der Waals surface area contributed by atoms with Crippen molar-refractivity contribution in [2.45, 2.75) is 25.5 Å². The molecule has 0 bridgehead atoms. The number of hydrogen-bond acceptors (Lipinski definition) is 6. The lowest BCUT2D eigenvalue weighted by Crippen LogP contribution is -2.37. The van der Waals surface area contributed by atoms with Gasteiger partial charge in [0.25, 0.3) is 0 Å². The monoisotopic (exact) mass is 248 g/mol. The number of hydrogen-bond donors (Lipinski definition) is 3. The number of nitrogens with two attached hydrogens (primary N) is 1. The summed E-state index contributed by atoms with van der Waals surface area (Å²) >= 11 is 0. The molecule has 1 aliphatic heterocycles. The first-order valence-electron chi connectivity index (χ1n) is 6.08. The molecular weight excluding hydrogens is 232 g/mol. The molecule has 1 atom stereocenters. The number of piperidine rings is 1. The van der Waals surface area contributed by atoms with Crippen LogP contribution in [0.1, 0.15) is 18.5 Å². The van der Waals surface area contributed by atoms with Gasteiger partial charge in [0.1, 0.15) is 5.52 Å². The van der Waals surface area contributed by atoms with E-state index in [4.69, 9.17) is 5.73 Å². The summed E-state index contributed by atoms with van der Waals surface area (Å²) in [7, 11) is 0. The highest BCUT2D eigenvalue weighted by Crippen LogP contribution is 2.17. The van der Waals surface area contributed by atoms with Crippen molar-refractivity contribution in [2.75, 3.05) is 18.8 Å². The van der Waals surface area contributed by atoms with E-state index in [1.54, 1.807) is 6.33 Å². The number of aromatic amines is 1. The zero-order valence-electron chi connectivity index (χ0n) is 10.0. The molecule has 3 rings (SSSR count). The first-order chi connectivity index (χ1) is 8.72. The van der Waals surface area contributed by atoms with Crippen molar-refractivity contribution in [3.63, 3.8) is 0 Å². The Kier molecular flexibility index (Phi) is 2.85. The third kappa shape index (κ3) is 2.14. The summed E-state index contributed by atoms with van der Waals surface area (Å²) in [4.78, 5) is 17.6. The number of rotatable bonds is 2. The highest BCUT2D eigenvalue weighted by molar-refractivity contribution is 5.73. The van der Waals surface area contributed by atoms with Crippen molar-refractivity contribution in [1.29, 1.82) is 0 Å². The van der Waals surface area contributed by atoms with Crippen LogP contribution in [0.15, 0.2) is 6.33 Å². The molecule has 7 heteroatoms. The van der Waals surface area contributed by atoms with Gasteiger partial charge >= 0.3 is 0 Å². The molecule has 18 heavy (non-hydrogen) atoms. The van der Waals surface area contributed by atoms with Crippen LogP contribution in [0.2, 0.25) is 0 Å². The summed E-state index contributed by atoms with van der Waals surface area (Å²) in [6.45, 7) is 2.30. The van der Waals surface area contributed by atoms with Gasteiger partial charge in [-0.2, -0.15) is 4.98 Å². The summed E-state index contributed by atoms with van der Waals surface area (Å²) in [5.74, 6) is 0.238. The van der Waals surface area contributed by atoms with E-state index in [-0.39, 0.29) is 12.1 Å². The predicted octanol–water partition coefficient (Wildman–Crippen LogP) is -0.108. The number of nitrogens with zero attached hydrogens (tertiary/aromatic N) is 4. The van der Waals surface area contributed by atoms with Crippen LogP contribution in [0.4, 0.5) is 5.95 Å². The molecule has 2 aromatic rings. The van der Waals surface area contributed by atoms with Crippen LogP contribution in [0, 0.1) is 0 Å². The molecule has 0 amide bonds. The number of H-pyrrole nitrogens is 1. The van der Waals surface area contributed by atoms with Gasteiger partial charge in [-0.05, 0) is 19.4 Å². The minimum atomic E-state index is -0.241. The van der Waals surface area contributed by atoms with E-state index in [2.05, 4.69) is 24.8 Å². The summed E-state index contributed by atoms with van der Waals surface area (Å²) in [5, 5.41) is 9.67. The predicted molar refractivity (Wildman–Crippen MR) is 66.6 cm³/mol. The van der Waals surface area contributed by atoms with Crippen LogP contribution in [-0.4, -0.2) is 49.1 Å². The second kappa shape index (κ2) is 4.51. The number of nitrogens with one attached hydrogen (secondary N) is 1. The zero-order chi connectivity index (χ0) is 12.5. The number of nitrogen functional groups attached to an aromatic ring is 1. The van der Waals surface area contributed by atoms with Crippen LogP contribution in [0.5, 0.6) is 0 Å². The number of imidazole rings is 1. The molecule has 1 unspecified atom stereocenters. The van der Waals surface area contributed by atoms with E-state index >= 15 is 0 Å². The van der Waals surface area contributed by atoms with E-state index in [9.17, 15) is 5.11 Å². The maximum absolute atomic E-state index is 9.67. The quantitative estimate of drug-likeness (QED) is 0.685. The third-order valence-electron chi connectivity index (χ3n) is 3.23. The standard InChI is InChI=1S/C11H16N6O/c12-11-15-8(9-10(16-11)14-6-13-9)5-17-3-1-2-7(18)4-17/h6-7,18H,1-5H2,(H3,12,13,14,15,16). The zero-order valence-corrected chi connectivity index (χ0v) is 10.0. The number of likely N-dealkylation sites (tertiary alicyclic amines) is 1. The fourth-order valence-corrected chi connectivity index (χ4v) is 2.41. The number of anilines is 1. The van der Waals surface area contributed by atoms with E-state index in [1.807, 2.05) is 0 Å². The molecule has 0 saturated carbocycles. The summed E-state index contributed by atoms with van der Waals surface area (Å²) in [6, 6.07) is 0. The molecule has 96 valence electrons. The summed E-state index contributed by atoms with van der Waals surface area (Å²) in [5.41, 5.74) is 7.93. The normalized spacial score (nSPS) is 21.5. The Morgan fingerprint density at radius 3 is 3.22 bits per heavy atom. The van der Waals surface area contributed by atoms with E-state index < -0.39 is 0 Å². The number of fused-ring (bicyclic) bond motifs is 1. The molecule has 1 fully saturated rings. The summed E-state index contributed by atoms with van der Waals surface area (Å²) in [6.07, 6.45) is 3.23. The van der Waals surface area contributed by atoms with Gasteiger partial charge in [0.15, 0.2) is 5.65 Å². The van der Waals surface area contributed by atoms with Gasteiger partial charge in [0.05, 0.1) is 18.1 Å². The smallest absolute Gasteiger partial charge is 0.222 e. The van der Waals surface area contributed by atoms with Gasteiger partial charge in [0.2, 0.25) is 5.95 Å². The molecule has 4 N–H and O–H groups in total. The van der Waals surface area contributed by atoms with Gasteiger partial charge in [-0.15, -0.1) is 0 Å². The van der Waals surface area contributed by atoms with Crippen LogP contribution in [0.3, 0.4) is 0 Å². The first-order valence-corrected chi connectivity index (χ1v) is 6.08. The van der Waals surface area contributed by atoms with Crippen LogP contribution in [-0.2, 0) is 6.54 Å². The topological polar surface area (TPSA) is 104 Å². The number of aromatic nitrogens is 4. The average Bonchev–Trinajstić information content (AvgIpc) is 2.77. The Labute approximate surface area is 104 Å². The molecule has 0 aromatic carbocycles. The Bertz CT molecular complexity index is 553. The molecule has 0 radical (unpaired) electrons. The van der Waals surface area contributed by atoms with Crippen LogP contribution < -0.4 is 5.73 Å². The Hall–Kier alpha value is -1.73. The molecule has 0 aliphatic carbocycles. The Balaban J connectivity index is 1.87. The lowest BCUT2D eigenvalue weighted by molar-refractivity contribution is 0.0664. The molecule has 1 saturated heterocycles. The summed E-state index contributed by atoms with van der Waals surface area (Å²) < 4.78 is 0. The fourth-order valence-electron chi connectivity index (χ4n) is 2.41. The first kappa shape index (κ1) is 11.4. The van der Waals surface area contributed by atoms with Gasteiger partial charge in [0, 0.05) is 13.1 Å². The fraction of sp³-hybridized carbons (Fsp3) is 0.545. The highest BCUT2D eigenvalue weighted by atomic mass is 16.3. The van der Waals surface area contributed by atoms with Crippen molar-refractivity contribution in [2.24, 2.45) is 0 Å². The molecule has 2 aromatic heterocycles. The lowest BCUT2D eigenvalue weighted by atomic mass is 10.1.